The van der Waals surface area contributed by atoms with E-state index < -0.39 is 0 Å². The molecule has 1 aromatic carbocycles. The number of hydrogen-bond donors (Lipinski definition) is 1. The topological polar surface area (TPSA) is 29.3 Å². The molecule has 1 atom stereocenters. The maximum atomic E-state index is 6.19. The maximum absolute atomic E-state index is 6.19. The highest BCUT2D eigenvalue weighted by molar-refractivity contribution is 5.35. The van der Waals surface area contributed by atoms with Gasteiger partial charge in [0.1, 0.15) is 0 Å². The van der Waals surface area contributed by atoms with Crippen LogP contribution in [0.2, 0.25) is 0 Å². The van der Waals surface area contributed by atoms with Crippen LogP contribution in [0.4, 0.5) is 0 Å². The molecular weight excluding hydrogens is 256 g/mol. The summed E-state index contributed by atoms with van der Waals surface area (Å²) in [7, 11) is 0. The quantitative estimate of drug-likeness (QED) is 0.733. The Hall–Kier alpha value is -0.860. The summed E-state index contributed by atoms with van der Waals surface area (Å²) >= 11 is 0. The van der Waals surface area contributed by atoms with Crippen LogP contribution < -0.4 is 5.73 Å². The summed E-state index contributed by atoms with van der Waals surface area (Å²) in [6.45, 7) is 9.85. The van der Waals surface area contributed by atoms with Crippen molar-refractivity contribution in [2.75, 3.05) is 19.6 Å². The highest BCUT2D eigenvalue weighted by Gasteiger charge is 2.29. The van der Waals surface area contributed by atoms with Crippen molar-refractivity contribution in [3.63, 3.8) is 0 Å². The molecule has 0 aliphatic heterocycles. The van der Waals surface area contributed by atoms with Crippen molar-refractivity contribution in [1.82, 2.24) is 4.90 Å². The SMILES string of the molecule is CCC(CC)CN(CC)C(CN)c1ccccc1C1CC1. The molecule has 1 unspecified atom stereocenters. The Morgan fingerprint density at radius 2 is 1.81 bits per heavy atom. The van der Waals surface area contributed by atoms with Gasteiger partial charge in [-0.3, -0.25) is 4.90 Å². The van der Waals surface area contributed by atoms with E-state index in [1.54, 1.807) is 5.56 Å². The summed E-state index contributed by atoms with van der Waals surface area (Å²) in [6, 6.07) is 9.37. The first kappa shape index (κ1) is 16.5. The van der Waals surface area contributed by atoms with Crippen molar-refractivity contribution in [3.05, 3.63) is 35.4 Å². The zero-order valence-corrected chi connectivity index (χ0v) is 14.0. The zero-order chi connectivity index (χ0) is 15.2. The fraction of sp³-hybridized carbons (Fsp3) is 0.684. The van der Waals surface area contributed by atoms with Crippen molar-refractivity contribution in [2.24, 2.45) is 11.7 Å². The maximum Gasteiger partial charge on any atom is 0.0473 e. The van der Waals surface area contributed by atoms with Gasteiger partial charge in [-0.15, -0.1) is 0 Å². The van der Waals surface area contributed by atoms with Gasteiger partial charge in [-0.1, -0.05) is 57.9 Å². The van der Waals surface area contributed by atoms with Gasteiger partial charge in [-0.2, -0.15) is 0 Å². The van der Waals surface area contributed by atoms with E-state index in [0.717, 1.165) is 24.9 Å². The van der Waals surface area contributed by atoms with Crippen LogP contribution in [0.3, 0.4) is 0 Å². The molecule has 21 heavy (non-hydrogen) atoms. The molecule has 0 saturated heterocycles. The highest BCUT2D eigenvalue weighted by atomic mass is 15.2. The lowest BCUT2D eigenvalue weighted by atomic mass is 9.94. The fourth-order valence-electron chi connectivity index (χ4n) is 3.41. The van der Waals surface area contributed by atoms with Gasteiger partial charge in [0.2, 0.25) is 0 Å². The van der Waals surface area contributed by atoms with Crippen LogP contribution in [0, 0.1) is 5.92 Å². The second kappa shape index (κ2) is 7.95. The van der Waals surface area contributed by atoms with Gasteiger partial charge in [-0.05, 0) is 42.3 Å². The molecule has 118 valence electrons. The molecule has 0 heterocycles. The van der Waals surface area contributed by atoms with E-state index in [0.29, 0.717) is 6.04 Å². The molecule has 1 aliphatic rings. The Bertz CT molecular complexity index is 421. The van der Waals surface area contributed by atoms with Crippen molar-refractivity contribution in [3.8, 4) is 0 Å². The van der Waals surface area contributed by atoms with E-state index in [2.05, 4.69) is 49.9 Å². The highest BCUT2D eigenvalue weighted by Crippen LogP contribution is 2.43. The van der Waals surface area contributed by atoms with E-state index in [9.17, 15) is 0 Å². The first-order valence-electron chi connectivity index (χ1n) is 8.77. The molecule has 0 aromatic heterocycles. The van der Waals surface area contributed by atoms with Crippen molar-refractivity contribution in [2.45, 2.75) is 58.4 Å². The normalized spacial score (nSPS) is 16.7. The van der Waals surface area contributed by atoms with Gasteiger partial charge < -0.3 is 5.73 Å². The molecule has 2 heteroatoms. The average molecular weight is 288 g/mol. The van der Waals surface area contributed by atoms with Gasteiger partial charge in [0.15, 0.2) is 0 Å². The van der Waals surface area contributed by atoms with Crippen molar-refractivity contribution < 1.29 is 0 Å². The minimum absolute atomic E-state index is 0.382. The molecule has 0 amide bonds. The minimum atomic E-state index is 0.382. The smallest absolute Gasteiger partial charge is 0.0473 e. The number of hydrogen-bond acceptors (Lipinski definition) is 2. The van der Waals surface area contributed by atoms with E-state index in [4.69, 9.17) is 5.73 Å². The Morgan fingerprint density at radius 1 is 1.14 bits per heavy atom. The van der Waals surface area contributed by atoms with Crippen LogP contribution in [-0.4, -0.2) is 24.5 Å². The molecule has 1 aromatic rings. The Balaban J connectivity index is 2.20. The molecule has 0 radical (unpaired) electrons. The Morgan fingerprint density at radius 3 is 2.33 bits per heavy atom. The van der Waals surface area contributed by atoms with E-state index in [1.165, 1.54) is 37.8 Å². The van der Waals surface area contributed by atoms with Gasteiger partial charge >= 0.3 is 0 Å². The van der Waals surface area contributed by atoms with E-state index >= 15 is 0 Å². The standard InChI is InChI=1S/C19H32N2/c1-4-15(5-2)14-21(6-3)19(13-20)18-10-8-7-9-17(18)16-11-12-16/h7-10,15-16,19H,4-6,11-14,20H2,1-3H3. The second-order valence-electron chi connectivity index (χ2n) is 6.42. The molecular formula is C19H32N2. The predicted octanol–water partition coefficient (Wildman–Crippen LogP) is 4.32. The van der Waals surface area contributed by atoms with Crippen LogP contribution in [0.15, 0.2) is 24.3 Å². The van der Waals surface area contributed by atoms with E-state index in [-0.39, 0.29) is 0 Å². The number of rotatable bonds is 9. The molecule has 0 spiro atoms. The number of benzene rings is 1. The van der Waals surface area contributed by atoms with E-state index in [1.807, 2.05) is 0 Å². The summed E-state index contributed by atoms with van der Waals surface area (Å²) in [6.07, 6.45) is 5.23. The van der Waals surface area contributed by atoms with Crippen LogP contribution in [0.1, 0.15) is 69.5 Å². The molecule has 1 fully saturated rings. The number of nitrogens with zero attached hydrogens (tertiary/aromatic N) is 1. The van der Waals surface area contributed by atoms with Crippen molar-refractivity contribution >= 4 is 0 Å². The van der Waals surface area contributed by atoms with Crippen LogP contribution in [-0.2, 0) is 0 Å². The molecule has 1 aliphatic carbocycles. The minimum Gasteiger partial charge on any atom is -0.329 e. The summed E-state index contributed by atoms with van der Waals surface area (Å²) in [5.74, 6) is 1.58. The predicted molar refractivity (Wildman–Crippen MR) is 91.5 cm³/mol. The van der Waals surface area contributed by atoms with Gasteiger partial charge in [0, 0.05) is 19.1 Å². The molecule has 2 rings (SSSR count). The first-order chi connectivity index (χ1) is 10.2. The monoisotopic (exact) mass is 288 g/mol. The average Bonchev–Trinajstić information content (AvgIpc) is 3.36. The largest absolute Gasteiger partial charge is 0.329 e. The summed E-state index contributed by atoms with van der Waals surface area (Å²) in [5, 5.41) is 0. The lowest BCUT2D eigenvalue weighted by Gasteiger charge is -2.34. The van der Waals surface area contributed by atoms with Crippen LogP contribution in [0.25, 0.3) is 0 Å². The summed E-state index contributed by atoms with van der Waals surface area (Å²) in [5.41, 5.74) is 9.22. The van der Waals surface area contributed by atoms with Gasteiger partial charge in [0.05, 0.1) is 0 Å². The fourth-order valence-corrected chi connectivity index (χ4v) is 3.41. The zero-order valence-electron chi connectivity index (χ0n) is 14.0. The third-order valence-electron chi connectivity index (χ3n) is 5.09. The summed E-state index contributed by atoms with van der Waals surface area (Å²) in [4.78, 5) is 2.60. The third-order valence-corrected chi connectivity index (χ3v) is 5.09. The van der Waals surface area contributed by atoms with Crippen LogP contribution >= 0.6 is 0 Å². The molecule has 0 bridgehead atoms. The summed E-state index contributed by atoms with van der Waals surface area (Å²) < 4.78 is 0. The molecule has 1 saturated carbocycles. The lowest BCUT2D eigenvalue weighted by molar-refractivity contribution is 0.173. The third kappa shape index (κ3) is 4.08. The molecule has 2 N–H and O–H groups in total. The van der Waals surface area contributed by atoms with Gasteiger partial charge in [0.25, 0.3) is 0 Å². The molecule has 2 nitrogen and oxygen atoms in total. The number of likely N-dealkylation sites (N-methyl/N-ethyl adjacent to an activating group) is 1. The Labute approximate surface area is 130 Å². The lowest BCUT2D eigenvalue weighted by Crippen LogP contribution is -2.37. The number of nitrogens with two attached hydrogens (primary N) is 1. The Kier molecular flexibility index (Phi) is 6.25. The van der Waals surface area contributed by atoms with Gasteiger partial charge in [-0.25, -0.2) is 0 Å². The van der Waals surface area contributed by atoms with Crippen LogP contribution in [0.5, 0.6) is 0 Å². The second-order valence-corrected chi connectivity index (χ2v) is 6.42. The van der Waals surface area contributed by atoms with Crippen molar-refractivity contribution in [1.29, 1.82) is 0 Å². The first-order valence-corrected chi connectivity index (χ1v) is 8.77.